The monoisotopic (exact) mass is 400 g/mol. The molecule has 1 saturated heterocycles. The molecule has 3 aromatic rings. The number of hydrogen-bond acceptors (Lipinski definition) is 6. The van der Waals surface area contributed by atoms with Crippen LogP contribution in [0, 0.1) is 0 Å². The van der Waals surface area contributed by atoms with Crippen molar-refractivity contribution in [3.8, 4) is 5.88 Å². The number of rotatable bonds is 5. The van der Waals surface area contributed by atoms with Crippen LogP contribution in [-0.2, 0) is 17.6 Å². The van der Waals surface area contributed by atoms with Crippen LogP contribution in [0.3, 0.4) is 0 Å². The molecule has 28 heavy (non-hydrogen) atoms. The van der Waals surface area contributed by atoms with Crippen LogP contribution < -0.4 is 0 Å². The molecule has 7 heteroatoms. The van der Waals surface area contributed by atoms with Crippen molar-refractivity contribution >= 4 is 16.3 Å². The lowest BCUT2D eigenvalue weighted by atomic mass is 10.00. The maximum absolute atomic E-state index is 11.0. The smallest absolute Gasteiger partial charge is 0.230 e. The number of morpholine rings is 1. The van der Waals surface area contributed by atoms with Crippen LogP contribution >= 0.6 is 11.3 Å². The van der Waals surface area contributed by atoms with Crippen molar-refractivity contribution < 1.29 is 9.84 Å². The molecule has 6 nitrogen and oxygen atoms in total. The standard InChI is InChI=1S/C21H28N4O2S/c1-5-15-7-9-16(10-8-15)18(24-11-13(3)27-14(4)12-24)19-20(26)25-21(28-19)22-17(6-2)23-25/h7-10,13-14,18,26H,5-6,11-12H2,1-4H3/t13-,14-,18+/m0/s1. The highest BCUT2D eigenvalue weighted by Gasteiger charge is 2.34. The Bertz CT molecular complexity index is 939. The van der Waals surface area contributed by atoms with Crippen LogP contribution in [-0.4, -0.2) is 49.9 Å². The number of nitrogens with zero attached hydrogens (tertiary/aromatic N) is 4. The predicted octanol–water partition coefficient (Wildman–Crippen LogP) is 3.82. The van der Waals surface area contributed by atoms with Crippen molar-refractivity contribution in [2.75, 3.05) is 13.1 Å². The van der Waals surface area contributed by atoms with Crippen LogP contribution in [0.15, 0.2) is 24.3 Å². The van der Waals surface area contributed by atoms with E-state index < -0.39 is 0 Å². The van der Waals surface area contributed by atoms with Gasteiger partial charge in [0.05, 0.1) is 23.1 Å². The fraction of sp³-hybridized carbons (Fsp3) is 0.524. The molecule has 0 aliphatic carbocycles. The van der Waals surface area contributed by atoms with Crippen molar-refractivity contribution in [1.29, 1.82) is 0 Å². The first-order valence-electron chi connectivity index (χ1n) is 10.1. The molecule has 1 aliphatic rings. The number of thiazole rings is 1. The molecule has 1 aliphatic heterocycles. The van der Waals surface area contributed by atoms with Crippen molar-refractivity contribution in [3.05, 3.63) is 46.1 Å². The lowest BCUT2D eigenvalue weighted by molar-refractivity contribution is -0.0764. The summed E-state index contributed by atoms with van der Waals surface area (Å²) in [7, 11) is 0. The second-order valence-electron chi connectivity index (χ2n) is 7.57. The van der Waals surface area contributed by atoms with Gasteiger partial charge in [0.15, 0.2) is 5.82 Å². The predicted molar refractivity (Wildman–Crippen MR) is 111 cm³/mol. The summed E-state index contributed by atoms with van der Waals surface area (Å²) in [5.74, 6) is 0.953. The molecule has 2 aromatic heterocycles. The number of hydrogen-bond donors (Lipinski definition) is 1. The fourth-order valence-corrected chi connectivity index (χ4v) is 5.15. The number of ether oxygens (including phenoxy) is 1. The number of benzene rings is 1. The zero-order valence-corrected chi connectivity index (χ0v) is 17.7. The van der Waals surface area contributed by atoms with Gasteiger partial charge in [0.2, 0.25) is 10.8 Å². The minimum absolute atomic E-state index is 0.0433. The van der Waals surface area contributed by atoms with Crippen LogP contribution in [0.2, 0.25) is 0 Å². The molecule has 0 spiro atoms. The van der Waals surface area contributed by atoms with E-state index in [1.54, 1.807) is 4.52 Å². The van der Waals surface area contributed by atoms with Gasteiger partial charge in [0, 0.05) is 19.5 Å². The molecule has 1 aromatic carbocycles. The molecular weight excluding hydrogens is 372 g/mol. The van der Waals surface area contributed by atoms with Gasteiger partial charge in [-0.25, -0.2) is 4.98 Å². The molecule has 0 amide bonds. The first-order valence-corrected chi connectivity index (χ1v) is 10.9. The van der Waals surface area contributed by atoms with Crippen molar-refractivity contribution in [1.82, 2.24) is 19.5 Å². The summed E-state index contributed by atoms with van der Waals surface area (Å²) in [5, 5.41) is 15.5. The highest BCUT2D eigenvalue weighted by atomic mass is 32.1. The van der Waals surface area contributed by atoms with E-state index in [1.807, 2.05) is 6.92 Å². The van der Waals surface area contributed by atoms with Gasteiger partial charge in [-0.05, 0) is 31.4 Å². The summed E-state index contributed by atoms with van der Waals surface area (Å²) in [6.45, 7) is 10.0. The Hall–Kier alpha value is -1.96. The first-order chi connectivity index (χ1) is 13.5. The molecular formula is C21H28N4O2S. The van der Waals surface area contributed by atoms with Gasteiger partial charge < -0.3 is 9.84 Å². The third-order valence-electron chi connectivity index (χ3n) is 5.32. The lowest BCUT2D eigenvalue weighted by Gasteiger charge is -2.40. The normalized spacial score (nSPS) is 22.0. The Morgan fingerprint density at radius 3 is 2.39 bits per heavy atom. The zero-order valence-electron chi connectivity index (χ0n) is 16.9. The molecule has 4 rings (SSSR count). The quantitative estimate of drug-likeness (QED) is 0.705. The van der Waals surface area contributed by atoms with Gasteiger partial charge in [0.25, 0.3) is 0 Å². The van der Waals surface area contributed by atoms with E-state index in [0.29, 0.717) is 0 Å². The molecule has 0 radical (unpaired) electrons. The second-order valence-corrected chi connectivity index (χ2v) is 8.58. The maximum atomic E-state index is 11.0. The van der Waals surface area contributed by atoms with Gasteiger partial charge in [-0.15, -0.1) is 5.10 Å². The Morgan fingerprint density at radius 1 is 1.14 bits per heavy atom. The van der Waals surface area contributed by atoms with E-state index in [-0.39, 0.29) is 24.1 Å². The van der Waals surface area contributed by atoms with Crippen LogP contribution in [0.25, 0.3) is 4.96 Å². The topological polar surface area (TPSA) is 62.9 Å². The summed E-state index contributed by atoms with van der Waals surface area (Å²) in [6.07, 6.45) is 2.07. The van der Waals surface area contributed by atoms with E-state index in [2.05, 4.69) is 60.0 Å². The largest absolute Gasteiger partial charge is 0.492 e. The third kappa shape index (κ3) is 3.54. The van der Waals surface area contributed by atoms with Gasteiger partial charge in [-0.3, -0.25) is 4.90 Å². The molecule has 3 heterocycles. The maximum Gasteiger partial charge on any atom is 0.230 e. The zero-order chi connectivity index (χ0) is 19.8. The van der Waals surface area contributed by atoms with Crippen molar-refractivity contribution in [3.63, 3.8) is 0 Å². The molecule has 0 unspecified atom stereocenters. The van der Waals surface area contributed by atoms with Gasteiger partial charge in [-0.1, -0.05) is 49.4 Å². The second kappa shape index (κ2) is 7.81. The summed E-state index contributed by atoms with van der Waals surface area (Å²) in [6, 6.07) is 8.68. The molecule has 3 atom stereocenters. The highest BCUT2D eigenvalue weighted by molar-refractivity contribution is 7.17. The fourth-order valence-electron chi connectivity index (χ4n) is 4.01. The van der Waals surface area contributed by atoms with Gasteiger partial charge in [-0.2, -0.15) is 4.52 Å². The molecule has 0 saturated carbocycles. The summed E-state index contributed by atoms with van der Waals surface area (Å²) >= 11 is 1.53. The number of fused-ring (bicyclic) bond motifs is 1. The number of aromatic nitrogens is 3. The third-order valence-corrected chi connectivity index (χ3v) is 6.40. The Kier molecular flexibility index (Phi) is 5.40. The average Bonchev–Trinajstić information content (AvgIpc) is 3.21. The minimum atomic E-state index is -0.0433. The SMILES string of the molecule is CCc1ccc([C@H](c2sc3nc(CC)nn3c2O)N2C[C@H](C)O[C@@H](C)C2)cc1. The van der Waals surface area contributed by atoms with E-state index in [4.69, 9.17) is 4.74 Å². The molecule has 0 bridgehead atoms. The Labute approximate surface area is 169 Å². The van der Waals surface area contributed by atoms with E-state index in [1.165, 1.54) is 22.5 Å². The van der Waals surface area contributed by atoms with Crippen LogP contribution in [0.1, 0.15) is 55.6 Å². The van der Waals surface area contributed by atoms with Crippen molar-refractivity contribution in [2.45, 2.75) is 58.8 Å². The van der Waals surface area contributed by atoms with E-state index >= 15 is 0 Å². The molecule has 150 valence electrons. The summed E-state index contributed by atoms with van der Waals surface area (Å²) < 4.78 is 7.53. The number of aromatic hydroxyl groups is 1. The van der Waals surface area contributed by atoms with Crippen molar-refractivity contribution in [2.24, 2.45) is 0 Å². The lowest BCUT2D eigenvalue weighted by Crippen LogP contribution is -2.47. The van der Waals surface area contributed by atoms with Gasteiger partial charge >= 0.3 is 0 Å². The van der Waals surface area contributed by atoms with Crippen LogP contribution in [0.5, 0.6) is 5.88 Å². The average molecular weight is 401 g/mol. The number of aryl methyl sites for hydroxylation is 2. The Morgan fingerprint density at radius 2 is 1.82 bits per heavy atom. The van der Waals surface area contributed by atoms with Gasteiger partial charge in [0.1, 0.15) is 0 Å². The first kappa shape index (κ1) is 19.4. The summed E-state index contributed by atoms with van der Waals surface area (Å²) in [5.41, 5.74) is 2.49. The Balaban J connectivity index is 1.80. The van der Waals surface area contributed by atoms with E-state index in [0.717, 1.165) is 41.6 Å². The molecule has 1 N–H and O–H groups in total. The summed E-state index contributed by atoms with van der Waals surface area (Å²) in [4.78, 5) is 8.60. The van der Waals surface area contributed by atoms with E-state index in [9.17, 15) is 5.11 Å². The minimum Gasteiger partial charge on any atom is -0.492 e. The highest BCUT2D eigenvalue weighted by Crippen LogP contribution is 2.41. The van der Waals surface area contributed by atoms with Crippen LogP contribution in [0.4, 0.5) is 0 Å². The molecule has 1 fully saturated rings.